The smallest absolute Gasteiger partial charge is 0.0227 e. The molecule has 1 heteroatoms. The molecule has 1 aliphatic carbocycles. The Morgan fingerprint density at radius 2 is 1.62 bits per heavy atom. The van der Waals surface area contributed by atoms with E-state index < -0.39 is 0 Å². The van der Waals surface area contributed by atoms with Gasteiger partial charge in [0.2, 0.25) is 0 Å². The van der Waals surface area contributed by atoms with Gasteiger partial charge in [-0.15, -0.1) is 0 Å². The lowest BCUT2D eigenvalue weighted by atomic mass is 9.84. The average Bonchev–Trinajstić information content (AvgIpc) is 2.30. The van der Waals surface area contributed by atoms with Crippen molar-refractivity contribution in [2.45, 2.75) is 44.6 Å². The van der Waals surface area contributed by atoms with Gasteiger partial charge in [0.05, 0.1) is 0 Å². The zero-order valence-electron chi connectivity index (χ0n) is 10.6. The Bertz CT molecular complexity index is 307. The molecule has 16 heavy (non-hydrogen) atoms. The fourth-order valence-corrected chi connectivity index (χ4v) is 2.70. The summed E-state index contributed by atoms with van der Waals surface area (Å²) in [6.07, 6.45) is 7.07. The highest BCUT2D eigenvalue weighted by atomic mass is 15.0. The van der Waals surface area contributed by atoms with Gasteiger partial charge in [-0.05, 0) is 44.0 Å². The minimum absolute atomic E-state index is 0.835. The van der Waals surface area contributed by atoms with Crippen LogP contribution in [0.15, 0.2) is 24.3 Å². The summed E-state index contributed by atoms with van der Waals surface area (Å²) < 4.78 is 0. The molecule has 2 rings (SSSR count). The molecule has 0 amide bonds. The first-order valence-corrected chi connectivity index (χ1v) is 6.49. The van der Waals surface area contributed by atoms with Crippen molar-refractivity contribution < 1.29 is 0 Å². The number of benzene rings is 1. The molecule has 1 aliphatic rings. The maximum atomic E-state index is 2.34. The lowest BCUT2D eigenvalue weighted by Gasteiger charge is -2.22. The van der Waals surface area contributed by atoms with E-state index in [0.29, 0.717) is 0 Å². The summed E-state index contributed by atoms with van der Waals surface area (Å²) in [5.74, 6) is 0.835. The second kappa shape index (κ2) is 5.49. The van der Waals surface area contributed by atoms with Gasteiger partial charge in [-0.1, -0.05) is 43.5 Å². The Balaban J connectivity index is 2.00. The Morgan fingerprint density at radius 1 is 1.00 bits per heavy atom. The quantitative estimate of drug-likeness (QED) is 0.744. The largest absolute Gasteiger partial charge is 0.305 e. The monoisotopic (exact) mass is 217 g/mol. The lowest BCUT2D eigenvalue weighted by molar-refractivity contribution is 0.402. The molecular weight excluding hydrogens is 194 g/mol. The summed E-state index contributed by atoms with van der Waals surface area (Å²) >= 11 is 0. The molecule has 1 aromatic carbocycles. The summed E-state index contributed by atoms with van der Waals surface area (Å²) in [4.78, 5) is 2.22. The lowest BCUT2D eigenvalue weighted by Crippen LogP contribution is -2.10. The van der Waals surface area contributed by atoms with Gasteiger partial charge in [-0.2, -0.15) is 0 Å². The minimum Gasteiger partial charge on any atom is -0.305 e. The molecule has 0 atom stereocenters. The normalized spacial score (nSPS) is 17.9. The Morgan fingerprint density at radius 3 is 2.19 bits per heavy atom. The van der Waals surface area contributed by atoms with Gasteiger partial charge in [0, 0.05) is 6.54 Å². The molecule has 1 fully saturated rings. The van der Waals surface area contributed by atoms with Crippen molar-refractivity contribution in [1.82, 2.24) is 4.90 Å². The van der Waals surface area contributed by atoms with Gasteiger partial charge >= 0.3 is 0 Å². The second-order valence-corrected chi connectivity index (χ2v) is 5.31. The van der Waals surface area contributed by atoms with Crippen LogP contribution in [-0.4, -0.2) is 19.0 Å². The van der Waals surface area contributed by atoms with E-state index in [-0.39, 0.29) is 0 Å². The van der Waals surface area contributed by atoms with E-state index in [1.54, 1.807) is 5.56 Å². The Kier molecular flexibility index (Phi) is 4.00. The van der Waals surface area contributed by atoms with Crippen molar-refractivity contribution in [3.63, 3.8) is 0 Å². The molecule has 0 radical (unpaired) electrons. The predicted molar refractivity (Wildman–Crippen MR) is 69.7 cm³/mol. The van der Waals surface area contributed by atoms with Gasteiger partial charge in [0.15, 0.2) is 0 Å². The predicted octanol–water partition coefficient (Wildman–Crippen LogP) is 3.80. The molecule has 0 saturated heterocycles. The van der Waals surface area contributed by atoms with Crippen LogP contribution >= 0.6 is 0 Å². The zero-order valence-corrected chi connectivity index (χ0v) is 10.6. The number of hydrogen-bond donors (Lipinski definition) is 0. The number of rotatable bonds is 3. The first-order chi connectivity index (χ1) is 7.75. The Hall–Kier alpha value is -0.820. The van der Waals surface area contributed by atoms with Crippen LogP contribution in [0.4, 0.5) is 0 Å². The molecule has 0 N–H and O–H groups in total. The summed E-state index contributed by atoms with van der Waals surface area (Å²) in [6, 6.07) is 9.28. The van der Waals surface area contributed by atoms with Crippen molar-refractivity contribution >= 4 is 0 Å². The molecule has 1 saturated carbocycles. The van der Waals surface area contributed by atoms with E-state index in [9.17, 15) is 0 Å². The number of hydrogen-bond acceptors (Lipinski definition) is 1. The fourth-order valence-electron chi connectivity index (χ4n) is 2.70. The number of nitrogens with zero attached hydrogens (tertiary/aromatic N) is 1. The van der Waals surface area contributed by atoms with Crippen LogP contribution in [0.25, 0.3) is 0 Å². The molecule has 88 valence electrons. The fraction of sp³-hybridized carbons (Fsp3) is 0.600. The van der Waals surface area contributed by atoms with E-state index in [1.165, 1.54) is 37.7 Å². The molecule has 1 aromatic rings. The van der Waals surface area contributed by atoms with Gasteiger partial charge in [0.1, 0.15) is 0 Å². The highest BCUT2D eigenvalue weighted by molar-refractivity contribution is 5.25. The maximum Gasteiger partial charge on any atom is 0.0227 e. The summed E-state index contributed by atoms with van der Waals surface area (Å²) in [5.41, 5.74) is 2.98. The van der Waals surface area contributed by atoms with Crippen LogP contribution in [0, 0.1) is 0 Å². The van der Waals surface area contributed by atoms with Crippen LogP contribution < -0.4 is 0 Å². The first-order valence-electron chi connectivity index (χ1n) is 6.49. The average molecular weight is 217 g/mol. The first kappa shape index (κ1) is 11.7. The standard InChI is InChI=1S/C15H23N/c1-16(2)12-13-8-10-15(11-9-13)14-6-4-3-5-7-14/h8-11,14H,3-7,12H2,1-2H3. The maximum absolute atomic E-state index is 2.34. The van der Waals surface area contributed by atoms with Crippen molar-refractivity contribution in [2.24, 2.45) is 0 Å². The molecule has 0 unspecified atom stereocenters. The third kappa shape index (κ3) is 3.08. The van der Waals surface area contributed by atoms with Crippen molar-refractivity contribution in [1.29, 1.82) is 0 Å². The molecule has 0 aliphatic heterocycles. The summed E-state index contributed by atoms with van der Waals surface area (Å²) in [6.45, 7) is 1.05. The molecule has 0 spiro atoms. The second-order valence-electron chi connectivity index (χ2n) is 5.31. The molecule has 0 heterocycles. The van der Waals surface area contributed by atoms with Crippen molar-refractivity contribution in [3.05, 3.63) is 35.4 Å². The summed E-state index contributed by atoms with van der Waals surface area (Å²) in [7, 11) is 4.24. The third-order valence-corrected chi connectivity index (χ3v) is 3.56. The van der Waals surface area contributed by atoms with Gasteiger partial charge in [0.25, 0.3) is 0 Å². The van der Waals surface area contributed by atoms with E-state index in [0.717, 1.165) is 12.5 Å². The highest BCUT2D eigenvalue weighted by Crippen LogP contribution is 2.32. The van der Waals surface area contributed by atoms with E-state index in [4.69, 9.17) is 0 Å². The highest BCUT2D eigenvalue weighted by Gasteiger charge is 2.14. The Labute approximate surface area is 99.5 Å². The topological polar surface area (TPSA) is 3.24 Å². The van der Waals surface area contributed by atoms with E-state index >= 15 is 0 Å². The van der Waals surface area contributed by atoms with Crippen molar-refractivity contribution in [3.8, 4) is 0 Å². The van der Waals surface area contributed by atoms with E-state index in [1.807, 2.05) is 0 Å². The molecule has 0 bridgehead atoms. The van der Waals surface area contributed by atoms with Crippen LogP contribution in [0.1, 0.15) is 49.1 Å². The van der Waals surface area contributed by atoms with Gasteiger partial charge < -0.3 is 4.90 Å². The molecular formula is C15H23N. The molecule has 0 aromatic heterocycles. The van der Waals surface area contributed by atoms with Crippen LogP contribution in [0.5, 0.6) is 0 Å². The van der Waals surface area contributed by atoms with Gasteiger partial charge in [-0.3, -0.25) is 0 Å². The minimum atomic E-state index is 0.835. The van der Waals surface area contributed by atoms with Gasteiger partial charge in [-0.25, -0.2) is 0 Å². The third-order valence-electron chi connectivity index (χ3n) is 3.56. The van der Waals surface area contributed by atoms with Crippen LogP contribution in [0.2, 0.25) is 0 Å². The van der Waals surface area contributed by atoms with Crippen LogP contribution in [0.3, 0.4) is 0 Å². The zero-order chi connectivity index (χ0) is 11.4. The SMILES string of the molecule is CN(C)Cc1ccc(C2CCCCC2)cc1. The molecule has 1 nitrogen and oxygen atoms in total. The van der Waals surface area contributed by atoms with Crippen LogP contribution in [-0.2, 0) is 6.54 Å². The summed E-state index contributed by atoms with van der Waals surface area (Å²) in [5, 5.41) is 0. The van der Waals surface area contributed by atoms with E-state index in [2.05, 4.69) is 43.3 Å². The van der Waals surface area contributed by atoms with Crippen molar-refractivity contribution in [2.75, 3.05) is 14.1 Å².